The Morgan fingerprint density at radius 1 is 1.15 bits per heavy atom. The van der Waals surface area contributed by atoms with Crippen molar-refractivity contribution >= 4 is 11.7 Å². The Morgan fingerprint density at radius 3 is 2.62 bits per heavy atom. The Labute approximate surface area is 153 Å². The molecule has 134 valence electrons. The number of rotatable bonds is 4. The molecule has 0 unspecified atom stereocenters. The van der Waals surface area contributed by atoms with E-state index in [4.69, 9.17) is 0 Å². The summed E-state index contributed by atoms with van der Waals surface area (Å²) in [7, 11) is 0. The van der Waals surface area contributed by atoms with Gasteiger partial charge in [-0.05, 0) is 31.2 Å². The molecule has 0 aliphatic rings. The standard InChI is InChI=1S/C20H23N5O/c1-14-8-7-10-16(22-14)19(26)23-18-12-17(20(2,3)4)24-25(18)13-15-9-5-6-11-21-15/h5-12H,13H2,1-4H3,(H,23,26). The normalized spacial score (nSPS) is 11.4. The van der Waals surface area contributed by atoms with E-state index in [9.17, 15) is 4.79 Å². The van der Waals surface area contributed by atoms with Gasteiger partial charge in [0.05, 0.1) is 17.9 Å². The van der Waals surface area contributed by atoms with Crippen molar-refractivity contribution in [1.82, 2.24) is 19.7 Å². The van der Waals surface area contributed by atoms with Crippen molar-refractivity contribution in [2.45, 2.75) is 39.7 Å². The largest absolute Gasteiger partial charge is 0.305 e. The zero-order chi connectivity index (χ0) is 18.7. The smallest absolute Gasteiger partial charge is 0.275 e. The first-order chi connectivity index (χ1) is 12.3. The molecular weight excluding hydrogens is 326 g/mol. The number of anilines is 1. The van der Waals surface area contributed by atoms with Crippen molar-refractivity contribution in [2.24, 2.45) is 0 Å². The summed E-state index contributed by atoms with van der Waals surface area (Å²) in [4.78, 5) is 21.2. The molecule has 0 fully saturated rings. The fraction of sp³-hybridized carbons (Fsp3) is 0.300. The van der Waals surface area contributed by atoms with Gasteiger partial charge >= 0.3 is 0 Å². The predicted octanol–water partition coefficient (Wildman–Crippen LogP) is 3.58. The summed E-state index contributed by atoms with van der Waals surface area (Å²) in [6, 6.07) is 13.0. The third-order valence-electron chi connectivity index (χ3n) is 3.95. The highest BCUT2D eigenvalue weighted by molar-refractivity contribution is 6.02. The Morgan fingerprint density at radius 2 is 1.96 bits per heavy atom. The molecule has 0 saturated carbocycles. The second-order valence-corrected chi connectivity index (χ2v) is 7.26. The first-order valence-electron chi connectivity index (χ1n) is 8.56. The number of hydrogen-bond donors (Lipinski definition) is 1. The molecule has 0 radical (unpaired) electrons. The van der Waals surface area contributed by atoms with Crippen LogP contribution in [-0.2, 0) is 12.0 Å². The molecule has 3 heterocycles. The second kappa shape index (κ2) is 7.07. The molecule has 1 N–H and O–H groups in total. The Kier molecular flexibility index (Phi) is 4.84. The van der Waals surface area contributed by atoms with Gasteiger partial charge in [-0.15, -0.1) is 0 Å². The summed E-state index contributed by atoms with van der Waals surface area (Å²) in [6.45, 7) is 8.62. The van der Waals surface area contributed by atoms with Crippen LogP contribution in [0, 0.1) is 6.92 Å². The molecule has 0 bridgehead atoms. The van der Waals surface area contributed by atoms with Gasteiger partial charge in [0.15, 0.2) is 0 Å². The van der Waals surface area contributed by atoms with Crippen LogP contribution in [0.5, 0.6) is 0 Å². The second-order valence-electron chi connectivity index (χ2n) is 7.26. The van der Waals surface area contributed by atoms with Gasteiger partial charge in [0.1, 0.15) is 11.5 Å². The maximum atomic E-state index is 12.6. The molecule has 3 rings (SSSR count). The Hall–Kier alpha value is -3.02. The van der Waals surface area contributed by atoms with Gasteiger partial charge in [-0.3, -0.25) is 9.78 Å². The number of aromatic nitrogens is 4. The van der Waals surface area contributed by atoms with Crippen molar-refractivity contribution in [1.29, 1.82) is 0 Å². The van der Waals surface area contributed by atoms with Crippen LogP contribution in [0.25, 0.3) is 0 Å². The fourth-order valence-electron chi connectivity index (χ4n) is 2.50. The number of carbonyl (C=O) groups excluding carboxylic acids is 1. The van der Waals surface area contributed by atoms with Crippen LogP contribution in [0.2, 0.25) is 0 Å². The lowest BCUT2D eigenvalue weighted by molar-refractivity contribution is 0.102. The summed E-state index contributed by atoms with van der Waals surface area (Å²) < 4.78 is 1.77. The van der Waals surface area contributed by atoms with Crippen molar-refractivity contribution in [3.63, 3.8) is 0 Å². The van der Waals surface area contributed by atoms with E-state index in [1.807, 2.05) is 43.3 Å². The highest BCUT2D eigenvalue weighted by Crippen LogP contribution is 2.24. The molecule has 0 aliphatic heterocycles. The van der Waals surface area contributed by atoms with Crippen molar-refractivity contribution in [3.05, 3.63) is 71.4 Å². The minimum Gasteiger partial charge on any atom is -0.305 e. The van der Waals surface area contributed by atoms with E-state index in [-0.39, 0.29) is 11.3 Å². The number of amides is 1. The van der Waals surface area contributed by atoms with E-state index >= 15 is 0 Å². The first-order valence-corrected chi connectivity index (χ1v) is 8.56. The average molecular weight is 349 g/mol. The Bertz CT molecular complexity index is 909. The molecular formula is C20H23N5O. The molecule has 0 aromatic carbocycles. The van der Waals surface area contributed by atoms with Crippen LogP contribution in [-0.4, -0.2) is 25.7 Å². The fourth-order valence-corrected chi connectivity index (χ4v) is 2.50. The SMILES string of the molecule is Cc1cccc(C(=O)Nc2cc(C(C)(C)C)nn2Cc2ccccn2)n1. The van der Waals surface area contributed by atoms with E-state index in [0.717, 1.165) is 17.1 Å². The van der Waals surface area contributed by atoms with Gasteiger partial charge in [0.25, 0.3) is 5.91 Å². The van der Waals surface area contributed by atoms with Gasteiger partial charge in [-0.1, -0.05) is 32.9 Å². The maximum absolute atomic E-state index is 12.6. The molecule has 6 heteroatoms. The Balaban J connectivity index is 1.91. The highest BCUT2D eigenvalue weighted by Gasteiger charge is 2.21. The number of pyridine rings is 2. The summed E-state index contributed by atoms with van der Waals surface area (Å²) >= 11 is 0. The molecule has 0 aliphatic carbocycles. The van der Waals surface area contributed by atoms with E-state index in [1.165, 1.54) is 0 Å². The molecule has 6 nitrogen and oxygen atoms in total. The van der Waals surface area contributed by atoms with Crippen molar-refractivity contribution in [2.75, 3.05) is 5.32 Å². The van der Waals surface area contributed by atoms with Crippen molar-refractivity contribution in [3.8, 4) is 0 Å². The first kappa shape index (κ1) is 17.8. The molecule has 3 aromatic rings. The number of aryl methyl sites for hydroxylation is 1. The van der Waals surface area contributed by atoms with Gasteiger partial charge in [-0.25, -0.2) is 9.67 Å². The zero-order valence-electron chi connectivity index (χ0n) is 15.5. The van der Waals surface area contributed by atoms with Gasteiger partial charge in [0.2, 0.25) is 0 Å². The van der Waals surface area contributed by atoms with Crippen LogP contribution in [0.15, 0.2) is 48.7 Å². The van der Waals surface area contributed by atoms with E-state index in [2.05, 4.69) is 41.2 Å². The van der Waals surface area contributed by atoms with Gasteiger partial charge < -0.3 is 5.32 Å². The van der Waals surface area contributed by atoms with E-state index in [0.29, 0.717) is 18.1 Å². The zero-order valence-corrected chi connectivity index (χ0v) is 15.5. The number of hydrogen-bond acceptors (Lipinski definition) is 4. The monoisotopic (exact) mass is 349 g/mol. The lowest BCUT2D eigenvalue weighted by Crippen LogP contribution is -2.18. The van der Waals surface area contributed by atoms with Crippen LogP contribution in [0.4, 0.5) is 5.82 Å². The maximum Gasteiger partial charge on any atom is 0.275 e. The lowest BCUT2D eigenvalue weighted by Gasteiger charge is -2.14. The number of carbonyl (C=O) groups is 1. The summed E-state index contributed by atoms with van der Waals surface area (Å²) in [5, 5.41) is 7.62. The predicted molar refractivity (Wildman–Crippen MR) is 101 cm³/mol. The third kappa shape index (κ3) is 4.14. The summed E-state index contributed by atoms with van der Waals surface area (Å²) in [5.74, 6) is 0.380. The van der Waals surface area contributed by atoms with Gasteiger partial charge in [0, 0.05) is 23.4 Å². The quantitative estimate of drug-likeness (QED) is 0.781. The van der Waals surface area contributed by atoms with Crippen LogP contribution in [0.3, 0.4) is 0 Å². The number of nitrogens with zero attached hydrogens (tertiary/aromatic N) is 4. The third-order valence-corrected chi connectivity index (χ3v) is 3.95. The number of nitrogens with one attached hydrogen (secondary N) is 1. The lowest BCUT2D eigenvalue weighted by atomic mass is 9.92. The highest BCUT2D eigenvalue weighted by atomic mass is 16.2. The molecule has 0 atom stereocenters. The minimum absolute atomic E-state index is 0.129. The van der Waals surface area contributed by atoms with Crippen molar-refractivity contribution < 1.29 is 4.79 Å². The topological polar surface area (TPSA) is 72.7 Å². The van der Waals surface area contributed by atoms with E-state index in [1.54, 1.807) is 16.9 Å². The average Bonchev–Trinajstić information content (AvgIpc) is 2.99. The van der Waals surface area contributed by atoms with Crippen LogP contribution in [0.1, 0.15) is 48.3 Å². The summed E-state index contributed by atoms with van der Waals surface area (Å²) in [6.07, 6.45) is 1.75. The minimum atomic E-state index is -0.253. The summed E-state index contributed by atoms with van der Waals surface area (Å²) in [5.41, 5.74) is 2.83. The van der Waals surface area contributed by atoms with E-state index < -0.39 is 0 Å². The molecule has 26 heavy (non-hydrogen) atoms. The molecule has 3 aromatic heterocycles. The molecule has 1 amide bonds. The molecule has 0 spiro atoms. The van der Waals surface area contributed by atoms with Gasteiger partial charge in [-0.2, -0.15) is 5.10 Å². The molecule has 0 saturated heterocycles. The van der Waals surface area contributed by atoms with Crippen LogP contribution < -0.4 is 5.32 Å². The van der Waals surface area contributed by atoms with Crippen LogP contribution >= 0.6 is 0 Å².